The number of carbonyl (C=O) groups is 1. The Labute approximate surface area is 113 Å². The molecule has 92 valence electrons. The minimum Gasteiger partial charge on any atom is -0.359 e. The Morgan fingerprint density at radius 3 is 2.71 bits per heavy atom. The van der Waals surface area contributed by atoms with Gasteiger partial charge in [-0.1, -0.05) is 11.6 Å². The van der Waals surface area contributed by atoms with Crippen LogP contribution in [0.5, 0.6) is 0 Å². The monoisotopic (exact) mass is 318 g/mol. The molecule has 0 saturated carbocycles. The summed E-state index contributed by atoms with van der Waals surface area (Å²) >= 11 is 9.22. The number of urea groups is 1. The number of hydrogen-bond acceptors (Lipinski definition) is 2. The number of nitrogens with one attached hydrogen (secondary N) is 4. The molecule has 1 aromatic rings. The maximum atomic E-state index is 11.5. The van der Waals surface area contributed by atoms with Gasteiger partial charge in [0.15, 0.2) is 5.96 Å². The molecule has 0 atom stereocenters. The van der Waals surface area contributed by atoms with Crippen molar-refractivity contribution in [3.05, 3.63) is 27.2 Å². The largest absolute Gasteiger partial charge is 0.359 e. The van der Waals surface area contributed by atoms with Gasteiger partial charge in [0.1, 0.15) is 0 Å². The van der Waals surface area contributed by atoms with Crippen molar-refractivity contribution in [2.24, 2.45) is 0 Å². The first kappa shape index (κ1) is 13.8. The van der Waals surface area contributed by atoms with Crippen LogP contribution in [0.4, 0.5) is 10.5 Å². The Bertz CT molecular complexity index is 464. The molecule has 0 heterocycles. The molecule has 0 unspecified atom stereocenters. The maximum absolute atomic E-state index is 11.5. The summed E-state index contributed by atoms with van der Waals surface area (Å²) in [4.78, 5) is 11.5. The van der Waals surface area contributed by atoms with Gasteiger partial charge in [-0.25, -0.2) is 4.79 Å². The van der Waals surface area contributed by atoms with Crippen molar-refractivity contribution in [1.82, 2.24) is 10.6 Å². The van der Waals surface area contributed by atoms with Crippen LogP contribution in [0.15, 0.2) is 16.6 Å². The van der Waals surface area contributed by atoms with Gasteiger partial charge < -0.3 is 10.6 Å². The summed E-state index contributed by atoms with van der Waals surface area (Å²) < 4.78 is 0.769. The Morgan fingerprint density at radius 2 is 2.12 bits per heavy atom. The van der Waals surface area contributed by atoms with Gasteiger partial charge in [-0.05, 0) is 40.5 Å². The number of rotatable bonds is 1. The number of benzene rings is 1. The normalized spacial score (nSPS) is 9.65. The van der Waals surface area contributed by atoms with Gasteiger partial charge in [0.2, 0.25) is 0 Å². The number of hydrogen-bond donors (Lipinski definition) is 4. The van der Waals surface area contributed by atoms with E-state index in [-0.39, 0.29) is 5.96 Å². The van der Waals surface area contributed by atoms with Crippen molar-refractivity contribution in [1.29, 1.82) is 5.41 Å². The summed E-state index contributed by atoms with van der Waals surface area (Å²) in [6.45, 7) is 1.85. The molecule has 1 aromatic carbocycles. The highest BCUT2D eigenvalue weighted by Crippen LogP contribution is 2.28. The molecule has 0 spiro atoms. The zero-order valence-corrected chi connectivity index (χ0v) is 11.7. The fraction of sp³-hybridized carbons (Fsp3) is 0.200. The Hall–Kier alpha value is -1.27. The van der Waals surface area contributed by atoms with Gasteiger partial charge in [0, 0.05) is 17.2 Å². The standard InChI is InChI=1S/C10H12BrClN4O/c1-5-3-6(11)7(12)4-8(5)15-10(17)16-9(13)14-2/h3-4H,1-2H3,(H4,13,14,15,16,17). The van der Waals surface area contributed by atoms with Crippen LogP contribution in [0.3, 0.4) is 0 Å². The second-order valence-corrected chi connectivity index (χ2v) is 4.55. The number of amides is 2. The summed E-state index contributed by atoms with van der Waals surface area (Å²) in [5, 5.41) is 15.2. The number of aryl methyl sites for hydroxylation is 1. The number of carbonyl (C=O) groups excluding carboxylic acids is 1. The van der Waals surface area contributed by atoms with Crippen LogP contribution in [-0.4, -0.2) is 19.0 Å². The van der Waals surface area contributed by atoms with E-state index in [1.54, 1.807) is 19.2 Å². The van der Waals surface area contributed by atoms with Gasteiger partial charge in [-0.2, -0.15) is 0 Å². The summed E-state index contributed by atoms with van der Waals surface area (Å²) in [5.74, 6) is -0.0802. The third-order valence-electron chi connectivity index (χ3n) is 2.00. The van der Waals surface area contributed by atoms with Crippen molar-refractivity contribution in [3.63, 3.8) is 0 Å². The Kier molecular flexibility index (Phi) is 4.77. The van der Waals surface area contributed by atoms with Crippen molar-refractivity contribution in [2.45, 2.75) is 6.92 Å². The average molecular weight is 320 g/mol. The van der Waals surface area contributed by atoms with Crippen molar-refractivity contribution < 1.29 is 4.79 Å². The molecule has 1 rings (SSSR count). The summed E-state index contributed by atoms with van der Waals surface area (Å²) in [6, 6.07) is 2.95. The molecule has 5 nitrogen and oxygen atoms in total. The van der Waals surface area contributed by atoms with E-state index in [0.29, 0.717) is 10.7 Å². The quantitative estimate of drug-likeness (QED) is 0.474. The lowest BCUT2D eigenvalue weighted by Crippen LogP contribution is -2.40. The molecular formula is C10H12BrClN4O. The molecule has 0 aliphatic rings. The Balaban J connectivity index is 2.78. The second kappa shape index (κ2) is 5.88. The lowest BCUT2D eigenvalue weighted by Gasteiger charge is -2.11. The van der Waals surface area contributed by atoms with E-state index in [1.165, 1.54) is 0 Å². The molecule has 0 aliphatic heterocycles. The predicted octanol–water partition coefficient (Wildman–Crippen LogP) is 2.69. The van der Waals surface area contributed by atoms with Crippen LogP contribution in [-0.2, 0) is 0 Å². The van der Waals surface area contributed by atoms with E-state index in [9.17, 15) is 4.79 Å². The number of guanidine groups is 1. The minimum atomic E-state index is -0.495. The van der Waals surface area contributed by atoms with Crippen molar-refractivity contribution in [3.8, 4) is 0 Å². The van der Waals surface area contributed by atoms with E-state index in [1.807, 2.05) is 6.92 Å². The van der Waals surface area contributed by atoms with Gasteiger partial charge in [-0.3, -0.25) is 10.7 Å². The van der Waals surface area contributed by atoms with Gasteiger partial charge in [0.05, 0.1) is 5.02 Å². The van der Waals surface area contributed by atoms with Crippen LogP contribution in [0, 0.1) is 12.3 Å². The van der Waals surface area contributed by atoms with E-state index in [4.69, 9.17) is 17.0 Å². The fourth-order valence-corrected chi connectivity index (χ4v) is 1.73. The molecule has 0 radical (unpaired) electrons. The molecule has 0 aliphatic carbocycles. The molecule has 0 fully saturated rings. The van der Waals surface area contributed by atoms with Gasteiger partial charge in [0.25, 0.3) is 0 Å². The highest BCUT2D eigenvalue weighted by molar-refractivity contribution is 9.10. The predicted molar refractivity (Wildman–Crippen MR) is 72.8 cm³/mol. The topological polar surface area (TPSA) is 77.0 Å². The van der Waals surface area contributed by atoms with E-state index >= 15 is 0 Å². The molecular weight excluding hydrogens is 307 g/mol. The number of halogens is 2. The molecule has 4 N–H and O–H groups in total. The van der Waals surface area contributed by atoms with Crippen LogP contribution in [0.1, 0.15) is 5.56 Å². The van der Waals surface area contributed by atoms with Crippen molar-refractivity contribution in [2.75, 3.05) is 12.4 Å². The van der Waals surface area contributed by atoms with Crippen molar-refractivity contribution >= 4 is 45.2 Å². The average Bonchev–Trinajstić information content (AvgIpc) is 2.25. The fourth-order valence-electron chi connectivity index (χ4n) is 1.11. The second-order valence-electron chi connectivity index (χ2n) is 3.29. The van der Waals surface area contributed by atoms with E-state index < -0.39 is 6.03 Å². The highest BCUT2D eigenvalue weighted by atomic mass is 79.9. The first-order valence-electron chi connectivity index (χ1n) is 4.74. The lowest BCUT2D eigenvalue weighted by molar-refractivity contribution is 0.256. The smallest absolute Gasteiger partial charge is 0.325 e. The van der Waals surface area contributed by atoms with Crippen LogP contribution in [0.25, 0.3) is 0 Å². The summed E-state index contributed by atoms with van der Waals surface area (Å²) in [7, 11) is 1.55. The van der Waals surface area contributed by atoms with Gasteiger partial charge >= 0.3 is 6.03 Å². The van der Waals surface area contributed by atoms with Crippen LogP contribution in [0.2, 0.25) is 5.02 Å². The molecule has 0 saturated heterocycles. The summed E-state index contributed by atoms with van der Waals surface area (Å²) in [6.07, 6.45) is 0. The molecule has 7 heteroatoms. The van der Waals surface area contributed by atoms with Crippen LogP contribution < -0.4 is 16.0 Å². The van der Waals surface area contributed by atoms with Gasteiger partial charge in [-0.15, -0.1) is 0 Å². The third-order valence-corrected chi connectivity index (χ3v) is 3.20. The molecule has 17 heavy (non-hydrogen) atoms. The SMILES string of the molecule is CNC(=N)NC(=O)Nc1cc(Cl)c(Br)cc1C. The highest BCUT2D eigenvalue weighted by Gasteiger charge is 2.08. The van der Waals surface area contributed by atoms with E-state index in [0.717, 1.165) is 10.0 Å². The first-order valence-corrected chi connectivity index (χ1v) is 5.91. The first-order chi connectivity index (χ1) is 7.93. The zero-order chi connectivity index (χ0) is 13.0. The zero-order valence-electron chi connectivity index (χ0n) is 9.32. The molecule has 2 amide bonds. The summed E-state index contributed by atoms with van der Waals surface area (Å²) in [5.41, 5.74) is 1.46. The molecule has 0 bridgehead atoms. The van der Waals surface area contributed by atoms with E-state index in [2.05, 4.69) is 31.9 Å². The van der Waals surface area contributed by atoms with Crippen LogP contribution >= 0.6 is 27.5 Å². The number of anilines is 1. The molecule has 0 aromatic heterocycles. The Morgan fingerprint density at radius 1 is 1.47 bits per heavy atom. The third kappa shape index (κ3) is 3.90. The lowest BCUT2D eigenvalue weighted by atomic mass is 10.2. The minimum absolute atomic E-state index is 0.0802. The maximum Gasteiger partial charge on any atom is 0.325 e.